The molecule has 2 aromatic rings. The Kier molecular flexibility index (Phi) is 8.73. The van der Waals surface area contributed by atoms with E-state index in [1.54, 1.807) is 6.08 Å². The highest BCUT2D eigenvalue weighted by molar-refractivity contribution is 6.07. The fraction of sp³-hybridized carbons (Fsp3) is 0.528. The Hall–Kier alpha value is -3.39. The van der Waals surface area contributed by atoms with E-state index in [1.165, 1.54) is 4.90 Å². The Morgan fingerprint density at radius 3 is 2.16 bits per heavy atom. The van der Waals surface area contributed by atoms with Crippen LogP contribution >= 0.6 is 0 Å². The highest BCUT2D eigenvalue weighted by Gasteiger charge is 2.62. The first kappa shape index (κ1) is 30.6. The van der Waals surface area contributed by atoms with Gasteiger partial charge in [0.1, 0.15) is 5.54 Å². The van der Waals surface area contributed by atoms with Gasteiger partial charge in [-0.3, -0.25) is 19.4 Å². The number of carbonyl (C=O) groups is 3. The Bertz CT molecular complexity index is 1360. The number of imide groups is 1. The molecule has 3 amide bonds. The molecule has 44 heavy (non-hydrogen) atoms. The van der Waals surface area contributed by atoms with Gasteiger partial charge in [0, 0.05) is 43.3 Å². The molecule has 1 spiro atoms. The summed E-state index contributed by atoms with van der Waals surface area (Å²) in [6.45, 7) is 3.58. The molecule has 3 aliphatic heterocycles. The Labute approximate surface area is 259 Å². The fourth-order valence-electron chi connectivity index (χ4n) is 8.24. The van der Waals surface area contributed by atoms with Gasteiger partial charge in [0.05, 0.1) is 6.54 Å². The molecule has 6 rings (SSSR count). The summed E-state index contributed by atoms with van der Waals surface area (Å²) in [7, 11) is 0. The summed E-state index contributed by atoms with van der Waals surface area (Å²) in [5.41, 5.74) is 1.28. The number of amides is 3. The Morgan fingerprint density at radius 1 is 0.932 bits per heavy atom. The largest absolute Gasteiger partial charge is 0.327 e. The molecule has 6 nitrogen and oxygen atoms in total. The number of benzene rings is 2. The topological polar surface area (TPSA) is 60.9 Å². The maximum absolute atomic E-state index is 14.0. The third-order valence-electron chi connectivity index (χ3n) is 10.6. The second kappa shape index (κ2) is 12.5. The predicted molar refractivity (Wildman–Crippen MR) is 165 cm³/mol. The lowest BCUT2D eigenvalue weighted by molar-refractivity contribution is -0.137. The number of rotatable bonds is 10. The summed E-state index contributed by atoms with van der Waals surface area (Å²) in [6.07, 6.45) is 7.74. The molecule has 3 heterocycles. The summed E-state index contributed by atoms with van der Waals surface area (Å²) in [4.78, 5) is 46.3. The van der Waals surface area contributed by atoms with Crippen molar-refractivity contribution in [3.63, 3.8) is 0 Å². The molecular weight excluding hydrogens is 560 g/mol. The van der Waals surface area contributed by atoms with Crippen LogP contribution in [0.25, 0.3) is 0 Å². The number of hydrogen-bond acceptors (Lipinski definition) is 4. The SMILES string of the molecule is CCN1C(=O)N(Cc2ccccc2)C(=O)C12CC1CCC(C2)N1CC[C@H](/C=C\C(=O)C1CCC(F)(F)CC1)c1ccccc1. The van der Waals surface area contributed by atoms with Crippen LogP contribution in [0.1, 0.15) is 81.8 Å². The summed E-state index contributed by atoms with van der Waals surface area (Å²) in [6, 6.07) is 20.0. The minimum atomic E-state index is -2.65. The number of likely N-dealkylation sites (N-methyl/N-ethyl adjacent to an activating group) is 1. The second-order valence-electron chi connectivity index (χ2n) is 13.2. The van der Waals surface area contributed by atoms with E-state index in [2.05, 4.69) is 17.0 Å². The first-order valence-electron chi connectivity index (χ1n) is 16.3. The van der Waals surface area contributed by atoms with Crippen molar-refractivity contribution in [1.29, 1.82) is 0 Å². The normalized spacial score (nSPS) is 28.0. The molecule has 0 N–H and O–H groups in total. The second-order valence-corrected chi connectivity index (χ2v) is 13.2. The smallest absolute Gasteiger partial charge is 0.310 e. The van der Waals surface area contributed by atoms with Gasteiger partial charge in [-0.25, -0.2) is 13.6 Å². The van der Waals surface area contributed by atoms with Crippen molar-refractivity contribution in [2.45, 2.75) is 101 Å². The van der Waals surface area contributed by atoms with Gasteiger partial charge < -0.3 is 4.90 Å². The highest BCUT2D eigenvalue weighted by Crippen LogP contribution is 2.48. The number of alkyl halides is 2. The number of halogens is 2. The summed E-state index contributed by atoms with van der Waals surface area (Å²) >= 11 is 0. The van der Waals surface area contributed by atoms with Crippen LogP contribution in [0, 0.1) is 5.92 Å². The zero-order valence-electron chi connectivity index (χ0n) is 25.5. The fourth-order valence-corrected chi connectivity index (χ4v) is 8.24. The van der Waals surface area contributed by atoms with E-state index >= 15 is 0 Å². The zero-order chi connectivity index (χ0) is 30.9. The minimum Gasteiger partial charge on any atom is -0.310 e. The van der Waals surface area contributed by atoms with Crippen LogP contribution in [0.2, 0.25) is 0 Å². The lowest BCUT2D eigenvalue weighted by atomic mass is 9.80. The van der Waals surface area contributed by atoms with E-state index in [4.69, 9.17) is 0 Å². The van der Waals surface area contributed by atoms with Crippen LogP contribution in [0.4, 0.5) is 13.6 Å². The zero-order valence-corrected chi connectivity index (χ0v) is 25.5. The van der Waals surface area contributed by atoms with Crippen molar-refractivity contribution < 1.29 is 23.2 Å². The van der Waals surface area contributed by atoms with E-state index in [0.717, 1.165) is 36.9 Å². The molecule has 8 heteroatoms. The van der Waals surface area contributed by atoms with Gasteiger partial charge in [-0.1, -0.05) is 66.7 Å². The number of piperidine rings is 1. The molecule has 1 saturated carbocycles. The molecule has 3 atom stereocenters. The van der Waals surface area contributed by atoms with Gasteiger partial charge >= 0.3 is 6.03 Å². The van der Waals surface area contributed by atoms with E-state index in [1.807, 2.05) is 66.4 Å². The maximum Gasteiger partial charge on any atom is 0.327 e. The third-order valence-corrected chi connectivity index (χ3v) is 10.6. The average molecular weight is 604 g/mol. The Balaban J connectivity index is 1.14. The summed E-state index contributed by atoms with van der Waals surface area (Å²) in [5.74, 6) is -3.07. The van der Waals surface area contributed by atoms with Crippen molar-refractivity contribution in [1.82, 2.24) is 14.7 Å². The van der Waals surface area contributed by atoms with Crippen LogP contribution in [0.15, 0.2) is 72.8 Å². The van der Waals surface area contributed by atoms with Gasteiger partial charge in [-0.2, -0.15) is 0 Å². The molecule has 2 aromatic carbocycles. The molecule has 0 radical (unpaired) electrons. The molecule has 2 bridgehead atoms. The van der Waals surface area contributed by atoms with Crippen molar-refractivity contribution in [2.24, 2.45) is 5.92 Å². The number of nitrogens with zero attached hydrogens (tertiary/aromatic N) is 3. The van der Waals surface area contributed by atoms with E-state index in [9.17, 15) is 23.2 Å². The van der Waals surface area contributed by atoms with E-state index in [-0.39, 0.29) is 67.3 Å². The minimum absolute atomic E-state index is 0.0173. The number of fused-ring (bicyclic) bond motifs is 2. The third kappa shape index (κ3) is 5.97. The van der Waals surface area contributed by atoms with Crippen LogP contribution in [0.3, 0.4) is 0 Å². The number of carbonyl (C=O) groups excluding carboxylic acids is 3. The quantitative estimate of drug-likeness (QED) is 0.218. The van der Waals surface area contributed by atoms with Gasteiger partial charge in [0.15, 0.2) is 5.78 Å². The molecule has 234 valence electrons. The molecule has 1 aliphatic carbocycles. The van der Waals surface area contributed by atoms with Crippen molar-refractivity contribution in [3.8, 4) is 0 Å². The number of urea groups is 1. The number of allylic oxidation sites excluding steroid dienone is 2. The van der Waals surface area contributed by atoms with Crippen LogP contribution < -0.4 is 0 Å². The first-order chi connectivity index (χ1) is 21.2. The van der Waals surface area contributed by atoms with Crippen molar-refractivity contribution in [2.75, 3.05) is 13.1 Å². The van der Waals surface area contributed by atoms with Crippen LogP contribution in [0.5, 0.6) is 0 Å². The lowest BCUT2D eigenvalue weighted by Gasteiger charge is -2.46. The monoisotopic (exact) mass is 603 g/mol. The van der Waals surface area contributed by atoms with Crippen molar-refractivity contribution >= 4 is 17.7 Å². The summed E-state index contributed by atoms with van der Waals surface area (Å²) in [5, 5.41) is 0. The highest BCUT2D eigenvalue weighted by atomic mass is 19.3. The van der Waals surface area contributed by atoms with Gasteiger partial charge in [0.2, 0.25) is 5.92 Å². The molecule has 3 saturated heterocycles. The lowest BCUT2D eigenvalue weighted by Crippen LogP contribution is -2.60. The van der Waals surface area contributed by atoms with Crippen LogP contribution in [-0.2, 0) is 16.1 Å². The molecule has 4 aliphatic rings. The van der Waals surface area contributed by atoms with E-state index < -0.39 is 11.5 Å². The first-order valence-corrected chi connectivity index (χ1v) is 16.3. The van der Waals surface area contributed by atoms with Gasteiger partial charge in [-0.05, 0) is 75.6 Å². The molecule has 4 fully saturated rings. The molecule has 2 unspecified atom stereocenters. The molecule has 0 aromatic heterocycles. The van der Waals surface area contributed by atoms with Gasteiger partial charge in [0.25, 0.3) is 5.91 Å². The number of ketones is 1. The summed E-state index contributed by atoms with van der Waals surface area (Å²) < 4.78 is 27.3. The van der Waals surface area contributed by atoms with Gasteiger partial charge in [-0.15, -0.1) is 0 Å². The Morgan fingerprint density at radius 2 is 1.55 bits per heavy atom. The van der Waals surface area contributed by atoms with Crippen molar-refractivity contribution in [3.05, 3.63) is 83.9 Å². The van der Waals surface area contributed by atoms with E-state index in [0.29, 0.717) is 25.9 Å². The standard InChI is InChI=1S/C36H43F2N3O3/c1-2-41-34(44)40(25-26-9-5-3-6-10-26)33(43)35(41)23-30-14-15-31(24-35)39(30)22-19-28(27-11-7-4-8-12-27)13-16-32(42)29-17-20-36(37,38)21-18-29/h3-13,16,28-31H,2,14-15,17-25H2,1H3/b16-13-/t28-,30?,31?,35?/m0/s1. The predicted octanol–water partition coefficient (Wildman–Crippen LogP) is 6.96. The average Bonchev–Trinajstić information content (AvgIpc) is 3.37. The van der Waals surface area contributed by atoms with Crippen LogP contribution in [-0.4, -0.2) is 69.1 Å². The molecular formula is C36H43F2N3O3. The maximum atomic E-state index is 14.0. The number of hydrogen-bond donors (Lipinski definition) is 0.